The van der Waals surface area contributed by atoms with Gasteiger partial charge in [0.05, 0.1) is 29.2 Å². The van der Waals surface area contributed by atoms with Crippen LogP contribution in [-0.4, -0.2) is 55.6 Å². The summed E-state index contributed by atoms with van der Waals surface area (Å²) in [5.41, 5.74) is 0. The highest BCUT2D eigenvalue weighted by atomic mass is 79.9. The van der Waals surface area contributed by atoms with Gasteiger partial charge in [0.1, 0.15) is 0 Å². The minimum Gasteiger partial charge on any atom is -0.389 e. The molecule has 2 heterocycles. The molecular formula is C14H22BrNO3S. The number of aliphatic hydroxyl groups excluding tert-OH is 1. The molecule has 0 aromatic carbocycles. The van der Waals surface area contributed by atoms with E-state index in [0.29, 0.717) is 19.8 Å². The van der Waals surface area contributed by atoms with Gasteiger partial charge in [-0.15, -0.1) is 11.3 Å². The lowest BCUT2D eigenvalue weighted by molar-refractivity contribution is -0.0238. The summed E-state index contributed by atoms with van der Waals surface area (Å²) in [4.78, 5) is 3.39. The van der Waals surface area contributed by atoms with Crippen LogP contribution < -0.4 is 0 Å². The fourth-order valence-corrected chi connectivity index (χ4v) is 3.85. The number of ether oxygens (including phenoxy) is 2. The summed E-state index contributed by atoms with van der Waals surface area (Å²) in [7, 11) is 2.01. The van der Waals surface area contributed by atoms with E-state index in [-0.39, 0.29) is 6.10 Å². The van der Waals surface area contributed by atoms with Gasteiger partial charge in [0, 0.05) is 24.6 Å². The summed E-state index contributed by atoms with van der Waals surface area (Å²) >= 11 is 5.18. The normalized spacial score (nSPS) is 20.7. The summed E-state index contributed by atoms with van der Waals surface area (Å²) in [6.07, 6.45) is 1.96. The molecule has 2 unspecified atom stereocenters. The second-order valence-corrected chi connectivity index (χ2v) is 7.78. The van der Waals surface area contributed by atoms with E-state index >= 15 is 0 Å². The number of hydrogen-bond acceptors (Lipinski definition) is 5. The fourth-order valence-electron chi connectivity index (χ4n) is 2.29. The first-order chi connectivity index (χ1) is 9.63. The molecule has 0 radical (unpaired) electrons. The van der Waals surface area contributed by atoms with E-state index in [1.54, 1.807) is 11.3 Å². The van der Waals surface area contributed by atoms with Crippen molar-refractivity contribution in [1.82, 2.24) is 4.90 Å². The lowest BCUT2D eigenvalue weighted by Crippen LogP contribution is -2.32. The summed E-state index contributed by atoms with van der Waals surface area (Å²) in [6, 6.07) is 4.15. The van der Waals surface area contributed by atoms with Gasteiger partial charge in [-0.1, -0.05) is 0 Å². The summed E-state index contributed by atoms with van der Waals surface area (Å²) in [6.45, 7) is 3.27. The van der Waals surface area contributed by atoms with Crippen LogP contribution in [0.5, 0.6) is 0 Å². The molecule has 2 atom stereocenters. The first-order valence-electron chi connectivity index (χ1n) is 6.93. The van der Waals surface area contributed by atoms with Crippen molar-refractivity contribution in [3.05, 3.63) is 20.8 Å². The van der Waals surface area contributed by atoms with Crippen molar-refractivity contribution in [1.29, 1.82) is 0 Å². The van der Waals surface area contributed by atoms with E-state index in [1.165, 1.54) is 4.88 Å². The first-order valence-corrected chi connectivity index (χ1v) is 8.54. The summed E-state index contributed by atoms with van der Waals surface area (Å²) in [5, 5.41) is 9.96. The molecule has 1 aromatic heterocycles. The number of nitrogens with zero attached hydrogens (tertiary/aromatic N) is 1. The molecule has 1 fully saturated rings. The molecule has 1 aromatic rings. The van der Waals surface area contributed by atoms with Crippen LogP contribution >= 0.6 is 27.3 Å². The molecule has 6 heteroatoms. The average molecular weight is 364 g/mol. The van der Waals surface area contributed by atoms with Gasteiger partial charge in [0.2, 0.25) is 0 Å². The van der Waals surface area contributed by atoms with Gasteiger partial charge in [0.25, 0.3) is 0 Å². The number of rotatable bonds is 8. The lowest BCUT2D eigenvalue weighted by atomic mass is 10.2. The smallest absolute Gasteiger partial charge is 0.0900 e. The molecule has 2 rings (SSSR count). The Morgan fingerprint density at radius 3 is 3.10 bits per heavy atom. The molecule has 4 nitrogen and oxygen atoms in total. The van der Waals surface area contributed by atoms with Crippen LogP contribution in [0.4, 0.5) is 0 Å². The molecule has 20 heavy (non-hydrogen) atoms. The van der Waals surface area contributed by atoms with Crippen LogP contribution in [0.2, 0.25) is 0 Å². The number of likely N-dealkylation sites (N-methyl/N-ethyl adjacent to an activating group) is 1. The monoisotopic (exact) mass is 363 g/mol. The molecule has 1 saturated heterocycles. The number of aliphatic hydroxyl groups is 1. The number of thiophene rings is 1. The van der Waals surface area contributed by atoms with E-state index in [2.05, 4.69) is 33.0 Å². The Morgan fingerprint density at radius 2 is 2.45 bits per heavy atom. The second-order valence-electron chi connectivity index (χ2n) is 5.23. The maximum atomic E-state index is 9.96. The van der Waals surface area contributed by atoms with Crippen molar-refractivity contribution in [2.24, 2.45) is 0 Å². The van der Waals surface area contributed by atoms with Gasteiger partial charge in [0.15, 0.2) is 0 Å². The first kappa shape index (κ1) is 16.4. The van der Waals surface area contributed by atoms with E-state index in [1.807, 2.05) is 7.05 Å². The Hall–Kier alpha value is 0.0200. The third kappa shape index (κ3) is 5.79. The molecule has 0 saturated carbocycles. The molecule has 114 valence electrons. The van der Waals surface area contributed by atoms with Crippen molar-refractivity contribution in [2.45, 2.75) is 31.6 Å². The van der Waals surface area contributed by atoms with Crippen molar-refractivity contribution >= 4 is 27.3 Å². The third-order valence-electron chi connectivity index (χ3n) is 3.22. The fraction of sp³-hybridized carbons (Fsp3) is 0.714. The topological polar surface area (TPSA) is 41.9 Å². The van der Waals surface area contributed by atoms with Crippen LogP contribution in [0.1, 0.15) is 17.7 Å². The van der Waals surface area contributed by atoms with Crippen molar-refractivity contribution < 1.29 is 14.6 Å². The maximum Gasteiger partial charge on any atom is 0.0900 e. The molecule has 0 amide bonds. The van der Waals surface area contributed by atoms with Crippen molar-refractivity contribution in [2.75, 3.05) is 33.4 Å². The van der Waals surface area contributed by atoms with E-state index in [4.69, 9.17) is 9.47 Å². The van der Waals surface area contributed by atoms with Gasteiger partial charge in [-0.2, -0.15) is 0 Å². The van der Waals surface area contributed by atoms with Gasteiger partial charge >= 0.3 is 0 Å². The van der Waals surface area contributed by atoms with Crippen LogP contribution in [0.25, 0.3) is 0 Å². The molecule has 0 aliphatic carbocycles. The minimum atomic E-state index is -0.454. The molecule has 1 aliphatic heterocycles. The van der Waals surface area contributed by atoms with Gasteiger partial charge in [-0.25, -0.2) is 0 Å². The molecule has 1 N–H and O–H groups in total. The van der Waals surface area contributed by atoms with Crippen LogP contribution in [0, 0.1) is 0 Å². The highest BCUT2D eigenvalue weighted by Gasteiger charge is 2.16. The Bertz CT molecular complexity index is 396. The predicted octanol–water partition coefficient (Wildman–Crippen LogP) is 2.50. The Kier molecular flexibility index (Phi) is 6.93. The van der Waals surface area contributed by atoms with Crippen LogP contribution in [-0.2, 0) is 16.0 Å². The molecule has 0 bridgehead atoms. The lowest BCUT2D eigenvalue weighted by Gasteiger charge is -2.20. The van der Waals surface area contributed by atoms with Crippen LogP contribution in [0.3, 0.4) is 0 Å². The number of hydrogen-bond donors (Lipinski definition) is 1. The SMILES string of the molecule is CN(Cc1ccc(Br)s1)CC(O)COCC1CCCO1. The van der Waals surface area contributed by atoms with Gasteiger partial charge in [-0.3, -0.25) is 4.90 Å². The summed E-state index contributed by atoms with van der Waals surface area (Å²) in [5.74, 6) is 0. The zero-order valence-electron chi connectivity index (χ0n) is 11.8. The van der Waals surface area contributed by atoms with Crippen molar-refractivity contribution in [3.63, 3.8) is 0 Å². The second kappa shape index (κ2) is 8.46. The van der Waals surface area contributed by atoms with Crippen molar-refractivity contribution in [3.8, 4) is 0 Å². The maximum absolute atomic E-state index is 9.96. The van der Waals surface area contributed by atoms with E-state index in [0.717, 1.165) is 29.8 Å². The minimum absolute atomic E-state index is 0.225. The van der Waals surface area contributed by atoms with E-state index < -0.39 is 6.10 Å². The zero-order chi connectivity index (χ0) is 14.4. The van der Waals surface area contributed by atoms with Gasteiger partial charge in [-0.05, 0) is 48.0 Å². The summed E-state index contributed by atoms with van der Waals surface area (Å²) < 4.78 is 12.1. The molecular weight excluding hydrogens is 342 g/mol. The Morgan fingerprint density at radius 1 is 1.60 bits per heavy atom. The molecule has 1 aliphatic rings. The molecule has 0 spiro atoms. The van der Waals surface area contributed by atoms with Crippen LogP contribution in [0.15, 0.2) is 15.9 Å². The van der Waals surface area contributed by atoms with E-state index in [9.17, 15) is 5.11 Å². The number of halogens is 1. The highest BCUT2D eigenvalue weighted by Crippen LogP contribution is 2.23. The Balaban J connectivity index is 1.59. The average Bonchev–Trinajstić information content (AvgIpc) is 3.01. The third-order valence-corrected chi connectivity index (χ3v) is 4.82. The Labute approximate surface area is 132 Å². The highest BCUT2D eigenvalue weighted by molar-refractivity contribution is 9.11. The predicted molar refractivity (Wildman–Crippen MR) is 84.2 cm³/mol. The standard InChI is InChI=1S/C14H22BrNO3S/c1-16(8-13-4-5-14(15)20-13)7-11(17)9-18-10-12-3-2-6-19-12/h4-5,11-12,17H,2-3,6-10H2,1H3. The van der Waals surface area contributed by atoms with Gasteiger partial charge < -0.3 is 14.6 Å². The quantitative estimate of drug-likeness (QED) is 0.770. The largest absolute Gasteiger partial charge is 0.389 e. The zero-order valence-corrected chi connectivity index (χ0v) is 14.2.